The van der Waals surface area contributed by atoms with Crippen molar-refractivity contribution in [3.8, 4) is 0 Å². The second-order valence-corrected chi connectivity index (χ2v) is 4.76. The minimum absolute atomic E-state index is 0.0512. The Morgan fingerprint density at radius 3 is 2.82 bits per heavy atom. The summed E-state index contributed by atoms with van der Waals surface area (Å²) >= 11 is 3.29. The highest BCUT2D eigenvalue weighted by atomic mass is 79.9. The van der Waals surface area contributed by atoms with Crippen LogP contribution in [0.4, 0.5) is 5.69 Å². The van der Waals surface area contributed by atoms with Gasteiger partial charge in [-0.2, -0.15) is 0 Å². The SMILES string of the molecule is Cc1ccc(N2CC(C(=O)O)CC2=O)c(Br)n1. The van der Waals surface area contributed by atoms with Crippen LogP contribution in [0.25, 0.3) is 0 Å². The van der Waals surface area contributed by atoms with E-state index >= 15 is 0 Å². The van der Waals surface area contributed by atoms with Gasteiger partial charge in [0.1, 0.15) is 4.60 Å². The molecule has 1 aromatic heterocycles. The molecule has 90 valence electrons. The quantitative estimate of drug-likeness (QED) is 0.842. The third kappa shape index (κ3) is 2.31. The predicted molar refractivity (Wildman–Crippen MR) is 64.8 cm³/mol. The minimum atomic E-state index is -0.933. The number of carbonyl (C=O) groups excluding carboxylic acids is 1. The molecule has 2 rings (SSSR count). The van der Waals surface area contributed by atoms with Gasteiger partial charge in [0.15, 0.2) is 0 Å². The number of aryl methyl sites for hydroxylation is 1. The van der Waals surface area contributed by atoms with Crippen molar-refractivity contribution in [1.29, 1.82) is 0 Å². The van der Waals surface area contributed by atoms with E-state index in [1.54, 1.807) is 12.1 Å². The number of rotatable bonds is 2. The second kappa shape index (κ2) is 4.44. The molecule has 1 aromatic rings. The van der Waals surface area contributed by atoms with Crippen LogP contribution in [-0.2, 0) is 9.59 Å². The fourth-order valence-corrected chi connectivity index (χ4v) is 2.45. The Morgan fingerprint density at radius 1 is 1.59 bits per heavy atom. The number of halogens is 1. The van der Waals surface area contributed by atoms with Gasteiger partial charge >= 0.3 is 5.97 Å². The number of hydrogen-bond acceptors (Lipinski definition) is 3. The lowest BCUT2D eigenvalue weighted by Crippen LogP contribution is -2.26. The lowest BCUT2D eigenvalue weighted by molar-refractivity contribution is -0.141. The highest BCUT2D eigenvalue weighted by Crippen LogP contribution is 2.30. The zero-order chi connectivity index (χ0) is 12.6. The van der Waals surface area contributed by atoms with Crippen LogP contribution in [0.3, 0.4) is 0 Å². The minimum Gasteiger partial charge on any atom is -0.481 e. The largest absolute Gasteiger partial charge is 0.481 e. The summed E-state index contributed by atoms with van der Waals surface area (Å²) in [5.74, 6) is -1.74. The average Bonchev–Trinajstić information content (AvgIpc) is 2.61. The summed E-state index contributed by atoms with van der Waals surface area (Å²) in [6, 6.07) is 3.57. The van der Waals surface area contributed by atoms with Crippen LogP contribution in [0.2, 0.25) is 0 Å². The summed E-state index contributed by atoms with van der Waals surface area (Å²) in [4.78, 5) is 28.3. The topological polar surface area (TPSA) is 70.5 Å². The van der Waals surface area contributed by atoms with E-state index in [9.17, 15) is 9.59 Å². The average molecular weight is 299 g/mol. The molecule has 0 radical (unpaired) electrons. The Bertz CT molecular complexity index is 490. The zero-order valence-electron chi connectivity index (χ0n) is 9.18. The number of carbonyl (C=O) groups is 2. The summed E-state index contributed by atoms with van der Waals surface area (Å²) in [6.07, 6.45) is 0.0512. The monoisotopic (exact) mass is 298 g/mol. The van der Waals surface area contributed by atoms with Crippen molar-refractivity contribution in [2.45, 2.75) is 13.3 Å². The molecular formula is C11H11BrN2O3. The maximum absolute atomic E-state index is 11.7. The zero-order valence-corrected chi connectivity index (χ0v) is 10.8. The fourth-order valence-electron chi connectivity index (χ4n) is 1.82. The summed E-state index contributed by atoms with van der Waals surface area (Å²) in [6.45, 7) is 2.05. The molecule has 0 aliphatic carbocycles. The number of amides is 1. The smallest absolute Gasteiger partial charge is 0.308 e. The summed E-state index contributed by atoms with van der Waals surface area (Å²) < 4.78 is 0.567. The number of hydrogen-bond donors (Lipinski definition) is 1. The van der Waals surface area contributed by atoms with Crippen molar-refractivity contribution in [1.82, 2.24) is 4.98 Å². The van der Waals surface area contributed by atoms with Crippen molar-refractivity contribution in [2.75, 3.05) is 11.4 Å². The number of carboxylic acid groups (broad SMARTS) is 1. The molecule has 1 aliphatic heterocycles. The number of carboxylic acids is 1. The first-order valence-corrected chi connectivity index (χ1v) is 5.94. The van der Waals surface area contributed by atoms with Gasteiger partial charge in [-0.25, -0.2) is 4.98 Å². The van der Waals surface area contributed by atoms with Gasteiger partial charge in [-0.15, -0.1) is 0 Å². The normalized spacial score (nSPS) is 19.8. The van der Waals surface area contributed by atoms with Gasteiger partial charge in [0, 0.05) is 18.7 Å². The van der Waals surface area contributed by atoms with E-state index in [2.05, 4.69) is 20.9 Å². The second-order valence-electron chi connectivity index (χ2n) is 4.01. The first-order valence-electron chi connectivity index (χ1n) is 5.15. The van der Waals surface area contributed by atoms with Gasteiger partial charge in [-0.1, -0.05) is 0 Å². The van der Waals surface area contributed by atoms with Crippen LogP contribution in [0, 0.1) is 12.8 Å². The molecule has 0 aromatic carbocycles. The molecule has 5 nitrogen and oxygen atoms in total. The third-order valence-corrected chi connectivity index (χ3v) is 3.32. The highest BCUT2D eigenvalue weighted by molar-refractivity contribution is 9.10. The molecule has 1 atom stereocenters. The van der Waals surface area contributed by atoms with Crippen LogP contribution in [-0.4, -0.2) is 28.5 Å². The summed E-state index contributed by atoms with van der Waals surface area (Å²) in [5.41, 5.74) is 1.46. The van der Waals surface area contributed by atoms with Gasteiger partial charge < -0.3 is 10.0 Å². The van der Waals surface area contributed by atoms with Crippen LogP contribution >= 0.6 is 15.9 Å². The highest BCUT2D eigenvalue weighted by Gasteiger charge is 2.35. The lowest BCUT2D eigenvalue weighted by atomic mass is 10.1. The Kier molecular flexibility index (Phi) is 3.15. The van der Waals surface area contributed by atoms with Gasteiger partial charge in [0.05, 0.1) is 11.6 Å². The third-order valence-electron chi connectivity index (χ3n) is 2.73. The van der Waals surface area contributed by atoms with E-state index in [1.807, 2.05) is 6.92 Å². The van der Waals surface area contributed by atoms with E-state index in [0.29, 0.717) is 10.3 Å². The molecule has 1 fully saturated rings. The van der Waals surface area contributed by atoms with Crippen molar-refractivity contribution in [3.05, 3.63) is 22.4 Å². The first kappa shape index (κ1) is 12.0. The molecule has 0 bridgehead atoms. The maximum atomic E-state index is 11.7. The maximum Gasteiger partial charge on any atom is 0.308 e. The molecule has 6 heteroatoms. The van der Waals surface area contributed by atoms with Crippen LogP contribution in [0.5, 0.6) is 0 Å². The van der Waals surface area contributed by atoms with Gasteiger partial charge in [0.25, 0.3) is 0 Å². The van der Waals surface area contributed by atoms with Gasteiger partial charge in [0.2, 0.25) is 5.91 Å². The molecule has 1 unspecified atom stereocenters. The Morgan fingerprint density at radius 2 is 2.29 bits per heavy atom. The number of anilines is 1. The molecular weight excluding hydrogens is 288 g/mol. The van der Waals surface area contributed by atoms with E-state index in [4.69, 9.17) is 5.11 Å². The molecule has 17 heavy (non-hydrogen) atoms. The van der Waals surface area contributed by atoms with Crippen LogP contribution in [0.15, 0.2) is 16.7 Å². The van der Waals surface area contributed by atoms with Crippen LogP contribution < -0.4 is 4.90 Å². The molecule has 1 saturated heterocycles. The molecule has 0 saturated carbocycles. The lowest BCUT2D eigenvalue weighted by Gasteiger charge is -2.17. The Balaban J connectivity index is 2.29. The molecule has 2 heterocycles. The molecule has 1 aliphatic rings. The van der Waals surface area contributed by atoms with E-state index < -0.39 is 11.9 Å². The Labute approximate surface area is 107 Å². The van der Waals surface area contributed by atoms with Crippen molar-refractivity contribution in [2.24, 2.45) is 5.92 Å². The van der Waals surface area contributed by atoms with Crippen molar-refractivity contribution >= 4 is 33.5 Å². The number of nitrogens with zero attached hydrogens (tertiary/aromatic N) is 2. The van der Waals surface area contributed by atoms with E-state index in [0.717, 1.165) is 5.69 Å². The van der Waals surface area contributed by atoms with Crippen molar-refractivity contribution in [3.63, 3.8) is 0 Å². The van der Waals surface area contributed by atoms with E-state index in [-0.39, 0.29) is 18.9 Å². The standard InChI is InChI=1S/C11H11BrN2O3/c1-6-2-3-8(10(12)13-6)14-5-7(11(16)17)4-9(14)15/h2-3,7H,4-5H2,1H3,(H,16,17). The fraction of sp³-hybridized carbons (Fsp3) is 0.364. The summed E-state index contributed by atoms with van der Waals surface area (Å²) in [5, 5.41) is 8.90. The van der Waals surface area contributed by atoms with Crippen LogP contribution in [0.1, 0.15) is 12.1 Å². The number of aliphatic carboxylic acids is 1. The molecule has 0 spiro atoms. The van der Waals surface area contributed by atoms with Gasteiger partial charge in [-0.3, -0.25) is 9.59 Å². The van der Waals surface area contributed by atoms with Gasteiger partial charge in [-0.05, 0) is 35.0 Å². The molecule has 1 amide bonds. The number of aromatic nitrogens is 1. The summed E-state index contributed by atoms with van der Waals surface area (Å²) in [7, 11) is 0. The van der Waals surface area contributed by atoms with Crippen molar-refractivity contribution < 1.29 is 14.7 Å². The molecule has 1 N–H and O–H groups in total. The predicted octanol–water partition coefficient (Wildman–Crippen LogP) is 1.59. The Hall–Kier alpha value is -1.43. The first-order chi connectivity index (χ1) is 7.99. The van der Waals surface area contributed by atoms with E-state index in [1.165, 1.54) is 4.90 Å². The number of pyridine rings is 1.